The second-order valence-corrected chi connectivity index (χ2v) is 9.63. The number of aryl methyl sites for hydroxylation is 2. The molecule has 164 valence electrons. The molecular weight excluding hydrogens is 513 g/mol. The van der Waals surface area contributed by atoms with Gasteiger partial charge < -0.3 is 18.8 Å². The van der Waals surface area contributed by atoms with Crippen LogP contribution in [0.25, 0.3) is 10.9 Å². The molecule has 0 unspecified atom stereocenters. The largest absolute Gasteiger partial charge is 0.491 e. The molecule has 3 atom stereocenters. The number of nitrogens with zero attached hydrogens (tertiary/aromatic N) is 1. The Labute approximate surface area is 202 Å². The van der Waals surface area contributed by atoms with E-state index < -0.39 is 0 Å². The molecule has 1 aromatic heterocycles. The molecule has 0 bridgehead atoms. The SMILES string of the molecule is Cc1ccc(OC[C@H]2O[C@@H](n3ccc4cc(I)ccc43)C[C@@H]2Oc2ccc(C)cc2)cc1. The van der Waals surface area contributed by atoms with Crippen molar-refractivity contribution in [2.45, 2.75) is 38.7 Å². The maximum atomic E-state index is 6.51. The molecule has 1 aliphatic rings. The number of hydrogen-bond donors (Lipinski definition) is 0. The van der Waals surface area contributed by atoms with E-state index in [2.05, 4.69) is 95.7 Å². The van der Waals surface area contributed by atoms with E-state index >= 15 is 0 Å². The van der Waals surface area contributed by atoms with Crippen molar-refractivity contribution < 1.29 is 14.2 Å². The third kappa shape index (κ3) is 4.64. The van der Waals surface area contributed by atoms with Gasteiger partial charge >= 0.3 is 0 Å². The van der Waals surface area contributed by atoms with E-state index in [0.29, 0.717) is 6.61 Å². The smallest absolute Gasteiger partial charge is 0.138 e. The minimum absolute atomic E-state index is 0.102. The van der Waals surface area contributed by atoms with Crippen molar-refractivity contribution in [2.24, 2.45) is 0 Å². The molecule has 0 N–H and O–H groups in total. The Kier molecular flexibility index (Phi) is 6.11. The van der Waals surface area contributed by atoms with E-state index in [4.69, 9.17) is 14.2 Å². The third-order valence-corrected chi connectivity index (χ3v) is 6.59. The standard InChI is InChI=1S/C27H26INO3/c1-18-3-8-22(9-4-18)30-17-26-25(31-23-10-5-19(2)6-11-23)16-27(32-26)29-14-13-20-15-21(28)7-12-24(20)29/h3-15,25-27H,16-17H2,1-2H3/t25-,26+,27+/m0/s1. The first-order valence-electron chi connectivity index (χ1n) is 10.9. The lowest BCUT2D eigenvalue weighted by Crippen LogP contribution is -2.32. The zero-order valence-corrected chi connectivity index (χ0v) is 20.4. The van der Waals surface area contributed by atoms with Gasteiger partial charge in [-0.25, -0.2) is 0 Å². The van der Waals surface area contributed by atoms with Crippen LogP contribution < -0.4 is 9.47 Å². The highest BCUT2D eigenvalue weighted by atomic mass is 127. The summed E-state index contributed by atoms with van der Waals surface area (Å²) in [4.78, 5) is 0. The summed E-state index contributed by atoms with van der Waals surface area (Å²) in [6.45, 7) is 4.59. The minimum Gasteiger partial charge on any atom is -0.491 e. The molecule has 1 saturated heterocycles. The Morgan fingerprint density at radius 1 is 0.906 bits per heavy atom. The fourth-order valence-electron chi connectivity index (χ4n) is 4.14. The topological polar surface area (TPSA) is 32.6 Å². The average molecular weight is 539 g/mol. The molecule has 4 aromatic rings. The fourth-order valence-corrected chi connectivity index (χ4v) is 4.65. The number of aromatic nitrogens is 1. The molecule has 1 fully saturated rings. The number of halogens is 1. The normalized spacial score (nSPS) is 20.5. The Bertz CT molecular complexity index is 1200. The van der Waals surface area contributed by atoms with E-state index in [-0.39, 0.29) is 18.4 Å². The summed E-state index contributed by atoms with van der Waals surface area (Å²) in [5, 5.41) is 1.22. The van der Waals surface area contributed by atoms with Crippen LogP contribution in [0.3, 0.4) is 0 Å². The number of ether oxygens (including phenoxy) is 3. The first kappa shape index (κ1) is 21.3. The highest BCUT2D eigenvalue weighted by Gasteiger charge is 2.38. The molecule has 1 aliphatic heterocycles. The van der Waals surface area contributed by atoms with Gasteiger partial charge in [-0.1, -0.05) is 35.4 Å². The Balaban J connectivity index is 1.37. The van der Waals surface area contributed by atoms with Crippen molar-refractivity contribution in [3.63, 3.8) is 0 Å². The van der Waals surface area contributed by atoms with Crippen LogP contribution in [-0.4, -0.2) is 23.4 Å². The van der Waals surface area contributed by atoms with Crippen LogP contribution in [0, 0.1) is 17.4 Å². The van der Waals surface area contributed by atoms with Gasteiger partial charge in [0.15, 0.2) is 0 Å². The van der Waals surface area contributed by atoms with Crippen LogP contribution in [0.5, 0.6) is 11.5 Å². The molecule has 0 radical (unpaired) electrons. The molecule has 0 saturated carbocycles. The van der Waals surface area contributed by atoms with E-state index in [0.717, 1.165) is 17.9 Å². The zero-order valence-electron chi connectivity index (χ0n) is 18.2. The number of fused-ring (bicyclic) bond motifs is 1. The van der Waals surface area contributed by atoms with E-state index in [9.17, 15) is 0 Å². The number of rotatable bonds is 6. The van der Waals surface area contributed by atoms with Gasteiger partial charge in [-0.2, -0.15) is 0 Å². The predicted molar refractivity (Wildman–Crippen MR) is 135 cm³/mol. The van der Waals surface area contributed by atoms with Gasteiger partial charge in [-0.3, -0.25) is 0 Å². The van der Waals surface area contributed by atoms with Crippen LogP contribution >= 0.6 is 22.6 Å². The lowest BCUT2D eigenvalue weighted by Gasteiger charge is -2.20. The maximum Gasteiger partial charge on any atom is 0.138 e. The summed E-state index contributed by atoms with van der Waals surface area (Å²) in [7, 11) is 0. The first-order chi connectivity index (χ1) is 15.5. The van der Waals surface area contributed by atoms with Crippen molar-refractivity contribution in [1.29, 1.82) is 0 Å². The number of hydrogen-bond acceptors (Lipinski definition) is 3. The summed E-state index contributed by atoms with van der Waals surface area (Å²) < 4.78 is 22.4. The Hall–Kier alpha value is -2.51. The highest BCUT2D eigenvalue weighted by molar-refractivity contribution is 14.1. The van der Waals surface area contributed by atoms with Crippen molar-refractivity contribution in [3.8, 4) is 11.5 Å². The van der Waals surface area contributed by atoms with Gasteiger partial charge in [-0.15, -0.1) is 0 Å². The van der Waals surface area contributed by atoms with Crippen LogP contribution in [0.2, 0.25) is 0 Å². The molecular formula is C27H26INO3. The fraction of sp³-hybridized carbons (Fsp3) is 0.259. The van der Waals surface area contributed by atoms with Gasteiger partial charge in [0.25, 0.3) is 0 Å². The zero-order chi connectivity index (χ0) is 22.1. The average Bonchev–Trinajstić information content (AvgIpc) is 3.38. The van der Waals surface area contributed by atoms with Gasteiger partial charge in [0.1, 0.15) is 36.5 Å². The molecule has 4 nitrogen and oxygen atoms in total. The van der Waals surface area contributed by atoms with Crippen LogP contribution in [-0.2, 0) is 4.74 Å². The third-order valence-electron chi connectivity index (χ3n) is 5.92. The molecule has 0 amide bonds. The van der Waals surface area contributed by atoms with Crippen molar-refractivity contribution >= 4 is 33.5 Å². The first-order valence-corrected chi connectivity index (χ1v) is 12.0. The summed E-state index contributed by atoms with van der Waals surface area (Å²) >= 11 is 2.35. The molecule has 3 aromatic carbocycles. The van der Waals surface area contributed by atoms with Crippen molar-refractivity contribution in [1.82, 2.24) is 4.57 Å². The summed E-state index contributed by atoms with van der Waals surface area (Å²) in [6.07, 6.45) is 2.48. The molecule has 32 heavy (non-hydrogen) atoms. The van der Waals surface area contributed by atoms with Crippen molar-refractivity contribution in [3.05, 3.63) is 93.7 Å². The van der Waals surface area contributed by atoms with E-state index in [1.54, 1.807) is 0 Å². The quantitative estimate of drug-likeness (QED) is 0.257. The molecule has 5 heteroatoms. The van der Waals surface area contributed by atoms with Gasteiger partial charge in [0.05, 0.1) is 5.52 Å². The highest BCUT2D eigenvalue weighted by Crippen LogP contribution is 2.35. The lowest BCUT2D eigenvalue weighted by atomic mass is 10.1. The van der Waals surface area contributed by atoms with Crippen LogP contribution in [0.1, 0.15) is 23.8 Å². The van der Waals surface area contributed by atoms with Crippen LogP contribution in [0.4, 0.5) is 0 Å². The number of benzene rings is 3. The second kappa shape index (κ2) is 9.16. The van der Waals surface area contributed by atoms with Gasteiger partial charge in [0, 0.05) is 21.6 Å². The van der Waals surface area contributed by atoms with E-state index in [1.165, 1.54) is 25.6 Å². The van der Waals surface area contributed by atoms with E-state index in [1.807, 2.05) is 24.3 Å². The van der Waals surface area contributed by atoms with Crippen molar-refractivity contribution in [2.75, 3.05) is 6.61 Å². The molecule has 0 spiro atoms. The van der Waals surface area contributed by atoms with Gasteiger partial charge in [0.2, 0.25) is 0 Å². The summed E-state index contributed by atoms with van der Waals surface area (Å²) in [5.74, 6) is 1.70. The Morgan fingerprint density at radius 3 is 2.31 bits per heavy atom. The minimum atomic E-state index is -0.177. The van der Waals surface area contributed by atoms with Gasteiger partial charge in [-0.05, 0) is 85.0 Å². The van der Waals surface area contributed by atoms with Crippen LogP contribution in [0.15, 0.2) is 79.0 Å². The Morgan fingerprint density at radius 2 is 1.59 bits per heavy atom. The summed E-state index contributed by atoms with van der Waals surface area (Å²) in [5.41, 5.74) is 3.60. The lowest BCUT2D eigenvalue weighted by molar-refractivity contribution is -0.0337. The summed E-state index contributed by atoms with van der Waals surface area (Å²) in [6, 6.07) is 24.9. The second-order valence-electron chi connectivity index (χ2n) is 8.38. The predicted octanol–water partition coefficient (Wildman–Crippen LogP) is 6.68. The molecule has 5 rings (SSSR count). The monoisotopic (exact) mass is 539 g/mol. The maximum absolute atomic E-state index is 6.51. The molecule has 0 aliphatic carbocycles. The molecule has 2 heterocycles.